The van der Waals surface area contributed by atoms with Gasteiger partial charge >= 0.3 is 5.97 Å². The molecule has 6 heteroatoms. The van der Waals surface area contributed by atoms with E-state index in [2.05, 4.69) is 17.4 Å². The zero-order valence-electron chi connectivity index (χ0n) is 16.9. The predicted molar refractivity (Wildman–Crippen MR) is 111 cm³/mol. The van der Waals surface area contributed by atoms with Crippen LogP contribution in [0.25, 0.3) is 0 Å². The Balaban J connectivity index is 1.81. The SMILES string of the molecule is COc1ccccc1C(=O)NC[C@]1(c2ccccc2)CC[C@@](N)(C(=O)OC)CC1. The summed E-state index contributed by atoms with van der Waals surface area (Å²) in [5, 5.41) is 3.08. The molecule has 1 fully saturated rings. The van der Waals surface area contributed by atoms with Gasteiger partial charge < -0.3 is 20.5 Å². The number of nitrogens with one attached hydrogen (secondary N) is 1. The van der Waals surface area contributed by atoms with Gasteiger partial charge in [-0.1, -0.05) is 42.5 Å². The molecule has 2 aromatic carbocycles. The Labute approximate surface area is 171 Å². The maximum Gasteiger partial charge on any atom is 0.325 e. The summed E-state index contributed by atoms with van der Waals surface area (Å²) in [6, 6.07) is 17.2. The number of hydrogen-bond acceptors (Lipinski definition) is 5. The van der Waals surface area contributed by atoms with Gasteiger partial charge in [0, 0.05) is 12.0 Å². The molecule has 0 radical (unpaired) electrons. The van der Waals surface area contributed by atoms with Gasteiger partial charge in [-0.2, -0.15) is 0 Å². The molecule has 1 amide bonds. The van der Waals surface area contributed by atoms with Gasteiger partial charge in [-0.05, 0) is 43.4 Å². The topological polar surface area (TPSA) is 90.6 Å². The molecule has 0 saturated heterocycles. The summed E-state index contributed by atoms with van der Waals surface area (Å²) in [7, 11) is 2.91. The minimum Gasteiger partial charge on any atom is -0.496 e. The maximum atomic E-state index is 12.8. The van der Waals surface area contributed by atoms with E-state index in [0.717, 1.165) is 5.56 Å². The van der Waals surface area contributed by atoms with Crippen LogP contribution in [0.15, 0.2) is 54.6 Å². The number of amides is 1. The number of nitrogens with two attached hydrogens (primary N) is 1. The number of esters is 1. The van der Waals surface area contributed by atoms with Crippen LogP contribution < -0.4 is 15.8 Å². The smallest absolute Gasteiger partial charge is 0.325 e. The highest BCUT2D eigenvalue weighted by Gasteiger charge is 2.46. The number of para-hydroxylation sites is 1. The Bertz CT molecular complexity index is 858. The molecule has 2 aromatic rings. The second-order valence-electron chi connectivity index (χ2n) is 7.68. The monoisotopic (exact) mass is 396 g/mol. The van der Waals surface area contributed by atoms with Crippen molar-refractivity contribution in [3.8, 4) is 5.75 Å². The highest BCUT2D eigenvalue weighted by Crippen LogP contribution is 2.42. The Morgan fingerprint density at radius 3 is 2.21 bits per heavy atom. The second-order valence-corrected chi connectivity index (χ2v) is 7.68. The number of carbonyl (C=O) groups excluding carboxylic acids is 2. The van der Waals surface area contributed by atoms with Crippen molar-refractivity contribution in [3.05, 3.63) is 65.7 Å². The summed E-state index contributed by atoms with van der Waals surface area (Å²) in [5.74, 6) is -0.0263. The third-order valence-electron chi connectivity index (χ3n) is 6.02. The average molecular weight is 396 g/mol. The van der Waals surface area contributed by atoms with Crippen molar-refractivity contribution in [1.82, 2.24) is 5.32 Å². The first-order chi connectivity index (χ1) is 13.9. The third-order valence-corrected chi connectivity index (χ3v) is 6.02. The fourth-order valence-corrected chi connectivity index (χ4v) is 4.12. The van der Waals surface area contributed by atoms with Crippen LogP contribution in [0, 0.1) is 0 Å². The molecule has 1 saturated carbocycles. The molecule has 0 unspecified atom stereocenters. The van der Waals surface area contributed by atoms with Crippen LogP contribution >= 0.6 is 0 Å². The lowest BCUT2D eigenvalue weighted by atomic mass is 9.64. The van der Waals surface area contributed by atoms with Crippen molar-refractivity contribution in [2.24, 2.45) is 5.73 Å². The van der Waals surface area contributed by atoms with E-state index >= 15 is 0 Å². The Morgan fingerprint density at radius 1 is 0.966 bits per heavy atom. The van der Waals surface area contributed by atoms with E-state index in [0.29, 0.717) is 43.5 Å². The number of benzene rings is 2. The number of hydrogen-bond donors (Lipinski definition) is 2. The normalized spacial score (nSPS) is 23.8. The first-order valence-electron chi connectivity index (χ1n) is 9.78. The van der Waals surface area contributed by atoms with Crippen LogP contribution in [0.4, 0.5) is 0 Å². The van der Waals surface area contributed by atoms with Crippen molar-refractivity contribution in [2.45, 2.75) is 36.6 Å². The summed E-state index contributed by atoms with van der Waals surface area (Å²) in [5.41, 5.74) is 6.68. The van der Waals surface area contributed by atoms with E-state index in [1.807, 2.05) is 30.3 Å². The average Bonchev–Trinajstić information content (AvgIpc) is 2.78. The molecule has 3 rings (SSSR count). The van der Waals surface area contributed by atoms with Gasteiger partial charge in [-0.25, -0.2) is 0 Å². The molecule has 0 aliphatic heterocycles. The van der Waals surface area contributed by atoms with Gasteiger partial charge in [0.2, 0.25) is 0 Å². The minimum absolute atomic E-state index is 0.185. The van der Waals surface area contributed by atoms with Crippen LogP contribution in [-0.4, -0.2) is 38.2 Å². The van der Waals surface area contributed by atoms with Crippen LogP contribution in [0.5, 0.6) is 5.75 Å². The summed E-state index contributed by atoms with van der Waals surface area (Å²) < 4.78 is 10.2. The lowest BCUT2D eigenvalue weighted by Crippen LogP contribution is -2.55. The zero-order chi connectivity index (χ0) is 20.9. The molecule has 1 aliphatic carbocycles. The van der Waals surface area contributed by atoms with E-state index in [1.54, 1.807) is 19.2 Å². The summed E-state index contributed by atoms with van der Waals surface area (Å²) in [6.07, 6.45) is 2.35. The number of ether oxygens (including phenoxy) is 2. The number of methoxy groups -OCH3 is 2. The van der Waals surface area contributed by atoms with Crippen LogP contribution in [0.3, 0.4) is 0 Å². The van der Waals surface area contributed by atoms with Crippen molar-refractivity contribution in [1.29, 1.82) is 0 Å². The Hall–Kier alpha value is -2.86. The van der Waals surface area contributed by atoms with Gasteiger partial charge in [-0.15, -0.1) is 0 Å². The van der Waals surface area contributed by atoms with Crippen molar-refractivity contribution in [3.63, 3.8) is 0 Å². The molecule has 0 atom stereocenters. The van der Waals surface area contributed by atoms with Gasteiger partial charge in [0.15, 0.2) is 0 Å². The highest BCUT2D eigenvalue weighted by atomic mass is 16.5. The predicted octanol–water partition coefficient (Wildman–Crippen LogP) is 2.81. The quantitative estimate of drug-likeness (QED) is 0.733. The molecule has 0 spiro atoms. The Kier molecular flexibility index (Phi) is 6.23. The fraction of sp³-hybridized carbons (Fsp3) is 0.391. The summed E-state index contributed by atoms with van der Waals surface area (Å²) in [4.78, 5) is 25.0. The lowest BCUT2D eigenvalue weighted by molar-refractivity contribution is -0.148. The largest absolute Gasteiger partial charge is 0.496 e. The highest BCUT2D eigenvalue weighted by molar-refractivity contribution is 5.97. The lowest BCUT2D eigenvalue weighted by Gasteiger charge is -2.44. The molecule has 3 N–H and O–H groups in total. The van der Waals surface area contributed by atoms with E-state index in [-0.39, 0.29) is 17.3 Å². The van der Waals surface area contributed by atoms with Gasteiger partial charge in [0.25, 0.3) is 5.91 Å². The molecular weight excluding hydrogens is 368 g/mol. The molecule has 1 aliphatic rings. The van der Waals surface area contributed by atoms with Crippen molar-refractivity contribution in [2.75, 3.05) is 20.8 Å². The first-order valence-corrected chi connectivity index (χ1v) is 9.78. The molecule has 0 bridgehead atoms. The van der Waals surface area contributed by atoms with Crippen LogP contribution in [0.1, 0.15) is 41.6 Å². The minimum atomic E-state index is -0.973. The maximum absolute atomic E-state index is 12.8. The van der Waals surface area contributed by atoms with E-state index < -0.39 is 5.54 Å². The van der Waals surface area contributed by atoms with E-state index in [9.17, 15) is 9.59 Å². The molecule has 154 valence electrons. The molecule has 0 heterocycles. The summed E-state index contributed by atoms with van der Waals surface area (Å²) in [6.45, 7) is 0.450. The molecule has 0 aromatic heterocycles. The summed E-state index contributed by atoms with van der Waals surface area (Å²) >= 11 is 0. The fourth-order valence-electron chi connectivity index (χ4n) is 4.12. The first kappa shape index (κ1) is 20.9. The van der Waals surface area contributed by atoms with Crippen molar-refractivity contribution >= 4 is 11.9 Å². The van der Waals surface area contributed by atoms with Crippen LogP contribution in [0.2, 0.25) is 0 Å². The number of rotatable bonds is 6. The van der Waals surface area contributed by atoms with Crippen molar-refractivity contribution < 1.29 is 19.1 Å². The zero-order valence-corrected chi connectivity index (χ0v) is 16.9. The van der Waals surface area contributed by atoms with E-state index in [1.165, 1.54) is 7.11 Å². The standard InChI is InChI=1S/C23H28N2O4/c1-28-19-11-7-6-10-18(19)20(26)25-16-22(17-8-4-3-5-9-17)12-14-23(24,15-13-22)21(27)29-2/h3-11H,12-16,24H2,1-2H3,(H,25,26)/t22-,23-. The van der Waals surface area contributed by atoms with Crippen LogP contribution in [-0.2, 0) is 14.9 Å². The Morgan fingerprint density at radius 2 is 1.59 bits per heavy atom. The van der Waals surface area contributed by atoms with Gasteiger partial charge in [0.05, 0.1) is 19.8 Å². The number of carbonyl (C=O) groups is 2. The van der Waals surface area contributed by atoms with Gasteiger partial charge in [0.1, 0.15) is 11.3 Å². The van der Waals surface area contributed by atoms with Gasteiger partial charge in [-0.3, -0.25) is 9.59 Å². The molecular formula is C23H28N2O4. The second kappa shape index (κ2) is 8.66. The van der Waals surface area contributed by atoms with E-state index in [4.69, 9.17) is 15.2 Å². The molecule has 6 nitrogen and oxygen atoms in total. The third kappa shape index (κ3) is 4.27. The molecule has 29 heavy (non-hydrogen) atoms.